The molecule has 142 valence electrons. The van der Waals surface area contributed by atoms with Gasteiger partial charge in [0.05, 0.1) is 11.8 Å². The fourth-order valence-corrected chi connectivity index (χ4v) is 3.63. The molecule has 2 aromatic carbocycles. The molecule has 3 heterocycles. The van der Waals surface area contributed by atoms with Gasteiger partial charge in [-0.2, -0.15) is 0 Å². The van der Waals surface area contributed by atoms with E-state index < -0.39 is 23.5 Å². The fourth-order valence-electron chi connectivity index (χ4n) is 3.63. The number of fused-ring (bicyclic) bond motifs is 1. The summed E-state index contributed by atoms with van der Waals surface area (Å²) in [6.45, 7) is 0. The normalized spacial score (nSPS) is 16.8. The van der Waals surface area contributed by atoms with Gasteiger partial charge in [0.2, 0.25) is 5.78 Å². The van der Waals surface area contributed by atoms with Crippen LogP contribution in [0.4, 0.5) is 5.69 Å². The monoisotopic (exact) mass is 385 g/mol. The Morgan fingerprint density at radius 2 is 1.72 bits per heavy atom. The Bertz CT molecular complexity index is 1220. The van der Waals surface area contributed by atoms with Crippen LogP contribution in [0.1, 0.15) is 22.4 Å². The third kappa shape index (κ3) is 2.65. The Kier molecular flexibility index (Phi) is 3.84. The topological polar surface area (TPSA) is 83.9 Å². The van der Waals surface area contributed by atoms with Crippen LogP contribution in [0.3, 0.4) is 0 Å². The Balaban J connectivity index is 1.65. The molecule has 1 unspecified atom stereocenters. The first-order chi connectivity index (χ1) is 14.1. The number of carbonyl (C=O) groups is 2. The SMILES string of the molecule is O=C(C1=C(O)C(=O)N(c2ccccc2)C1c1ccco1)c1cc2ccccc2o1. The van der Waals surface area contributed by atoms with Crippen LogP contribution in [0.25, 0.3) is 11.0 Å². The van der Waals surface area contributed by atoms with E-state index in [9.17, 15) is 14.7 Å². The van der Waals surface area contributed by atoms with E-state index in [0.29, 0.717) is 17.0 Å². The summed E-state index contributed by atoms with van der Waals surface area (Å²) in [5, 5.41) is 11.4. The lowest BCUT2D eigenvalue weighted by Crippen LogP contribution is -2.30. The molecule has 1 N–H and O–H groups in total. The fraction of sp³-hybridized carbons (Fsp3) is 0.0435. The van der Waals surface area contributed by atoms with Crippen molar-refractivity contribution >= 4 is 28.3 Å². The lowest BCUT2D eigenvalue weighted by atomic mass is 9.99. The number of amides is 1. The van der Waals surface area contributed by atoms with Crippen LogP contribution in [-0.2, 0) is 4.79 Å². The third-order valence-electron chi connectivity index (χ3n) is 4.95. The first-order valence-electron chi connectivity index (χ1n) is 9.03. The van der Waals surface area contributed by atoms with Gasteiger partial charge >= 0.3 is 0 Å². The first-order valence-corrected chi connectivity index (χ1v) is 9.03. The summed E-state index contributed by atoms with van der Waals surface area (Å²) in [5.74, 6) is -1.43. The molecule has 1 atom stereocenters. The van der Waals surface area contributed by atoms with Gasteiger partial charge in [0.15, 0.2) is 11.5 Å². The smallest absolute Gasteiger partial charge is 0.294 e. The van der Waals surface area contributed by atoms with Gasteiger partial charge in [-0.25, -0.2) is 0 Å². The summed E-state index contributed by atoms with van der Waals surface area (Å²) in [6, 6.07) is 20.1. The molecule has 0 saturated carbocycles. The standard InChI is InChI=1S/C23H15NO5/c25-21(18-13-14-7-4-5-10-16(14)29-18)19-20(17-11-6-12-28-17)24(23(27)22(19)26)15-8-2-1-3-9-15/h1-13,20,26H. The molecule has 1 aliphatic rings. The van der Waals surface area contributed by atoms with Gasteiger partial charge in [-0.3, -0.25) is 14.5 Å². The summed E-state index contributed by atoms with van der Waals surface area (Å²) >= 11 is 0. The minimum Gasteiger partial charge on any atom is -0.503 e. The summed E-state index contributed by atoms with van der Waals surface area (Å²) in [4.78, 5) is 27.6. The number of benzene rings is 2. The summed E-state index contributed by atoms with van der Waals surface area (Å²) < 4.78 is 11.2. The lowest BCUT2D eigenvalue weighted by Gasteiger charge is -2.24. The summed E-state index contributed by atoms with van der Waals surface area (Å²) in [7, 11) is 0. The highest BCUT2D eigenvalue weighted by Gasteiger charge is 2.46. The minimum atomic E-state index is -0.902. The van der Waals surface area contributed by atoms with Crippen molar-refractivity contribution in [3.8, 4) is 0 Å². The van der Waals surface area contributed by atoms with Gasteiger partial charge in [0, 0.05) is 11.1 Å². The molecular weight excluding hydrogens is 370 g/mol. The second-order valence-electron chi connectivity index (χ2n) is 6.67. The van der Waals surface area contributed by atoms with Gasteiger partial charge in [0.25, 0.3) is 5.91 Å². The van der Waals surface area contributed by atoms with Crippen LogP contribution >= 0.6 is 0 Å². The van der Waals surface area contributed by atoms with Crippen LogP contribution in [0.2, 0.25) is 0 Å². The van der Waals surface area contributed by atoms with E-state index in [2.05, 4.69) is 0 Å². The van der Waals surface area contributed by atoms with E-state index in [0.717, 1.165) is 5.39 Å². The van der Waals surface area contributed by atoms with Crippen LogP contribution < -0.4 is 4.90 Å². The molecule has 0 aliphatic carbocycles. The lowest BCUT2D eigenvalue weighted by molar-refractivity contribution is -0.117. The highest BCUT2D eigenvalue weighted by atomic mass is 16.3. The average Bonchev–Trinajstić information content (AvgIpc) is 3.47. The molecule has 1 amide bonds. The quantitative estimate of drug-likeness (QED) is 0.510. The van der Waals surface area contributed by atoms with Crippen molar-refractivity contribution < 1.29 is 23.5 Å². The number of furan rings is 2. The Labute approximate surface area is 165 Å². The van der Waals surface area contributed by atoms with E-state index in [1.165, 1.54) is 11.2 Å². The number of hydrogen-bond donors (Lipinski definition) is 1. The molecule has 4 aromatic rings. The zero-order valence-electron chi connectivity index (χ0n) is 15.1. The molecule has 5 rings (SSSR count). The Morgan fingerprint density at radius 3 is 2.45 bits per heavy atom. The average molecular weight is 385 g/mol. The zero-order valence-corrected chi connectivity index (χ0v) is 15.1. The van der Waals surface area contributed by atoms with Gasteiger partial charge < -0.3 is 13.9 Å². The van der Waals surface area contributed by atoms with Crippen LogP contribution in [0.15, 0.2) is 99.2 Å². The number of aliphatic hydroxyl groups excluding tert-OH is 1. The van der Waals surface area contributed by atoms with Crippen LogP contribution in [-0.4, -0.2) is 16.8 Å². The van der Waals surface area contributed by atoms with Crippen molar-refractivity contribution in [2.45, 2.75) is 6.04 Å². The molecule has 0 spiro atoms. The van der Waals surface area contributed by atoms with Gasteiger partial charge in [0.1, 0.15) is 17.4 Å². The molecule has 0 bridgehead atoms. The number of rotatable bonds is 4. The van der Waals surface area contributed by atoms with Crippen molar-refractivity contribution in [2.24, 2.45) is 0 Å². The Morgan fingerprint density at radius 1 is 0.966 bits per heavy atom. The molecule has 0 saturated heterocycles. The molecular formula is C23H15NO5. The number of carbonyl (C=O) groups excluding carboxylic acids is 2. The van der Waals surface area contributed by atoms with Gasteiger partial charge in [-0.05, 0) is 36.4 Å². The Hall–Kier alpha value is -4.06. The van der Waals surface area contributed by atoms with E-state index in [1.54, 1.807) is 54.6 Å². The third-order valence-corrected chi connectivity index (χ3v) is 4.95. The maximum Gasteiger partial charge on any atom is 0.294 e. The maximum absolute atomic E-state index is 13.3. The molecule has 6 heteroatoms. The predicted octanol–water partition coefficient (Wildman–Crippen LogP) is 4.81. The van der Waals surface area contributed by atoms with E-state index in [-0.39, 0.29) is 11.3 Å². The number of aliphatic hydroxyl groups is 1. The second-order valence-corrected chi connectivity index (χ2v) is 6.67. The molecule has 1 aliphatic heterocycles. The van der Waals surface area contributed by atoms with Crippen molar-refractivity contribution in [3.05, 3.63) is 102 Å². The van der Waals surface area contributed by atoms with Crippen LogP contribution in [0.5, 0.6) is 0 Å². The minimum absolute atomic E-state index is 0.0482. The van der Waals surface area contributed by atoms with E-state index in [4.69, 9.17) is 8.83 Å². The van der Waals surface area contributed by atoms with E-state index in [1.807, 2.05) is 18.2 Å². The summed E-state index contributed by atoms with van der Waals surface area (Å²) in [6.07, 6.45) is 1.46. The molecule has 29 heavy (non-hydrogen) atoms. The van der Waals surface area contributed by atoms with Crippen molar-refractivity contribution in [3.63, 3.8) is 0 Å². The molecule has 0 radical (unpaired) electrons. The number of Topliss-reactive ketones (excluding diaryl/α,β-unsaturated/α-hetero) is 1. The zero-order chi connectivity index (χ0) is 20.0. The van der Waals surface area contributed by atoms with Crippen molar-refractivity contribution in [1.82, 2.24) is 0 Å². The maximum atomic E-state index is 13.3. The number of ketones is 1. The molecule has 2 aromatic heterocycles. The second kappa shape index (κ2) is 6.53. The number of hydrogen-bond acceptors (Lipinski definition) is 5. The number of anilines is 1. The van der Waals surface area contributed by atoms with Crippen molar-refractivity contribution in [2.75, 3.05) is 4.90 Å². The largest absolute Gasteiger partial charge is 0.503 e. The molecule has 6 nitrogen and oxygen atoms in total. The summed E-state index contributed by atoms with van der Waals surface area (Å²) in [5.41, 5.74) is 1.01. The van der Waals surface area contributed by atoms with Gasteiger partial charge in [-0.1, -0.05) is 36.4 Å². The number of nitrogens with zero attached hydrogens (tertiary/aromatic N) is 1. The highest BCUT2D eigenvalue weighted by molar-refractivity contribution is 6.20. The predicted molar refractivity (Wildman–Crippen MR) is 106 cm³/mol. The first kappa shape index (κ1) is 17.1. The highest BCUT2D eigenvalue weighted by Crippen LogP contribution is 2.42. The van der Waals surface area contributed by atoms with Crippen LogP contribution in [0, 0.1) is 0 Å². The number of para-hydroxylation sites is 2. The molecule has 0 fully saturated rings. The van der Waals surface area contributed by atoms with Gasteiger partial charge in [-0.15, -0.1) is 0 Å². The van der Waals surface area contributed by atoms with E-state index >= 15 is 0 Å². The van der Waals surface area contributed by atoms with Crippen molar-refractivity contribution in [1.29, 1.82) is 0 Å².